The molecule has 6 nitrogen and oxygen atoms in total. The van der Waals surface area contributed by atoms with Crippen LogP contribution in [-0.2, 0) is 6.54 Å². The van der Waals surface area contributed by atoms with Crippen LogP contribution < -0.4 is 19.1 Å². The van der Waals surface area contributed by atoms with Gasteiger partial charge in [-0.25, -0.2) is 0 Å². The average Bonchev–Trinajstić information content (AvgIpc) is 3.30. The third-order valence-electron chi connectivity index (χ3n) is 6.62. The van der Waals surface area contributed by atoms with Gasteiger partial charge < -0.3 is 19.1 Å². The number of para-hydroxylation sites is 1. The summed E-state index contributed by atoms with van der Waals surface area (Å²) in [7, 11) is 1.72. The molecular formula is C24H31N3O3. The molecule has 0 radical (unpaired) electrons. The van der Waals surface area contributed by atoms with Crippen LogP contribution in [0.5, 0.6) is 17.2 Å². The number of hydrogen-bond donors (Lipinski definition) is 0. The van der Waals surface area contributed by atoms with Crippen LogP contribution in [0.2, 0.25) is 0 Å². The van der Waals surface area contributed by atoms with Gasteiger partial charge in [-0.3, -0.25) is 9.80 Å². The zero-order chi connectivity index (χ0) is 20.3. The number of nitrogens with zero attached hydrogens (tertiary/aromatic N) is 3. The number of piperidine rings is 1. The Morgan fingerprint density at radius 1 is 0.967 bits per heavy atom. The molecule has 30 heavy (non-hydrogen) atoms. The molecule has 3 aliphatic heterocycles. The number of ether oxygens (including phenoxy) is 3. The summed E-state index contributed by atoms with van der Waals surface area (Å²) in [6, 6.07) is 15.3. The van der Waals surface area contributed by atoms with E-state index in [2.05, 4.69) is 51.1 Å². The molecule has 2 aromatic rings. The highest BCUT2D eigenvalue weighted by Crippen LogP contribution is 2.36. The number of fused-ring (bicyclic) bond motifs is 1. The minimum atomic E-state index is 0.341. The Kier molecular flexibility index (Phi) is 5.69. The van der Waals surface area contributed by atoms with E-state index in [1.165, 1.54) is 24.1 Å². The van der Waals surface area contributed by atoms with Gasteiger partial charge in [-0.1, -0.05) is 12.1 Å². The van der Waals surface area contributed by atoms with E-state index in [-0.39, 0.29) is 0 Å². The molecule has 1 atom stereocenters. The van der Waals surface area contributed by atoms with E-state index in [0.29, 0.717) is 12.8 Å². The van der Waals surface area contributed by atoms with Crippen molar-refractivity contribution in [2.45, 2.75) is 25.4 Å². The largest absolute Gasteiger partial charge is 0.497 e. The molecule has 1 unspecified atom stereocenters. The van der Waals surface area contributed by atoms with Gasteiger partial charge in [0.15, 0.2) is 11.5 Å². The summed E-state index contributed by atoms with van der Waals surface area (Å²) in [5.74, 6) is 2.74. The molecule has 5 rings (SSSR count). The topological polar surface area (TPSA) is 37.4 Å². The highest BCUT2D eigenvalue weighted by Gasteiger charge is 2.29. The molecule has 3 heterocycles. The smallest absolute Gasteiger partial charge is 0.231 e. The van der Waals surface area contributed by atoms with Gasteiger partial charge in [0, 0.05) is 56.6 Å². The number of benzene rings is 2. The normalized spacial score (nSPS) is 22.3. The van der Waals surface area contributed by atoms with E-state index < -0.39 is 0 Å². The van der Waals surface area contributed by atoms with Crippen molar-refractivity contribution in [2.24, 2.45) is 0 Å². The van der Waals surface area contributed by atoms with Crippen molar-refractivity contribution in [3.63, 3.8) is 0 Å². The Labute approximate surface area is 178 Å². The zero-order valence-corrected chi connectivity index (χ0v) is 17.8. The first-order valence-corrected chi connectivity index (χ1v) is 11.0. The van der Waals surface area contributed by atoms with Crippen LogP contribution in [0.25, 0.3) is 0 Å². The molecule has 0 bridgehead atoms. The van der Waals surface area contributed by atoms with Crippen LogP contribution in [0.4, 0.5) is 5.69 Å². The third-order valence-corrected chi connectivity index (χ3v) is 6.62. The maximum atomic E-state index is 5.71. The number of likely N-dealkylation sites (tertiary alicyclic amines) is 1. The second kappa shape index (κ2) is 8.74. The van der Waals surface area contributed by atoms with Crippen LogP contribution in [0.1, 0.15) is 18.4 Å². The lowest BCUT2D eigenvalue weighted by molar-refractivity contribution is 0.0880. The zero-order valence-electron chi connectivity index (χ0n) is 17.8. The van der Waals surface area contributed by atoms with Crippen molar-refractivity contribution in [1.29, 1.82) is 0 Å². The van der Waals surface area contributed by atoms with E-state index in [4.69, 9.17) is 14.2 Å². The summed E-state index contributed by atoms with van der Waals surface area (Å²) < 4.78 is 16.5. The fourth-order valence-corrected chi connectivity index (χ4v) is 4.97. The van der Waals surface area contributed by atoms with Crippen LogP contribution in [-0.4, -0.2) is 69.0 Å². The summed E-state index contributed by atoms with van der Waals surface area (Å²) in [5, 5.41) is 0. The van der Waals surface area contributed by atoms with E-state index in [1.54, 1.807) is 7.11 Å². The van der Waals surface area contributed by atoms with Gasteiger partial charge in [0.25, 0.3) is 0 Å². The Hall–Kier alpha value is -2.44. The van der Waals surface area contributed by atoms with Gasteiger partial charge in [-0.05, 0) is 49.7 Å². The molecule has 0 N–H and O–H groups in total. The highest BCUT2D eigenvalue weighted by atomic mass is 16.7. The molecule has 0 spiro atoms. The number of hydrogen-bond acceptors (Lipinski definition) is 6. The number of methoxy groups -OCH3 is 1. The lowest BCUT2D eigenvalue weighted by Crippen LogP contribution is -2.55. The van der Waals surface area contributed by atoms with E-state index in [0.717, 1.165) is 63.1 Å². The molecule has 2 saturated heterocycles. The Bertz CT molecular complexity index is 849. The first kappa shape index (κ1) is 19.5. The summed E-state index contributed by atoms with van der Waals surface area (Å²) in [6.45, 7) is 7.99. The Balaban J connectivity index is 1.16. The molecule has 0 saturated carbocycles. The second-order valence-electron chi connectivity index (χ2n) is 8.40. The number of piperazine rings is 1. The molecule has 2 fully saturated rings. The van der Waals surface area contributed by atoms with Crippen LogP contribution >= 0.6 is 0 Å². The molecule has 0 aliphatic carbocycles. The summed E-state index contributed by atoms with van der Waals surface area (Å²) in [5.41, 5.74) is 2.54. The van der Waals surface area contributed by atoms with Gasteiger partial charge in [-0.15, -0.1) is 0 Å². The average molecular weight is 410 g/mol. The van der Waals surface area contributed by atoms with Crippen LogP contribution in [0.15, 0.2) is 42.5 Å². The first-order valence-electron chi connectivity index (χ1n) is 11.0. The van der Waals surface area contributed by atoms with Crippen molar-refractivity contribution in [3.8, 4) is 17.2 Å². The van der Waals surface area contributed by atoms with Crippen molar-refractivity contribution < 1.29 is 14.2 Å². The fraction of sp³-hybridized carbons (Fsp3) is 0.500. The Morgan fingerprint density at radius 2 is 1.80 bits per heavy atom. The second-order valence-corrected chi connectivity index (χ2v) is 8.40. The predicted molar refractivity (Wildman–Crippen MR) is 118 cm³/mol. The minimum absolute atomic E-state index is 0.341. The number of rotatable bonds is 5. The van der Waals surface area contributed by atoms with E-state index in [1.807, 2.05) is 6.07 Å². The van der Waals surface area contributed by atoms with Crippen molar-refractivity contribution in [1.82, 2.24) is 9.80 Å². The van der Waals surface area contributed by atoms with E-state index in [9.17, 15) is 0 Å². The van der Waals surface area contributed by atoms with Gasteiger partial charge in [0.05, 0.1) is 7.11 Å². The third kappa shape index (κ3) is 4.07. The number of anilines is 1. The summed E-state index contributed by atoms with van der Waals surface area (Å²) >= 11 is 0. The van der Waals surface area contributed by atoms with Crippen molar-refractivity contribution >= 4 is 5.69 Å². The van der Waals surface area contributed by atoms with E-state index >= 15 is 0 Å². The minimum Gasteiger partial charge on any atom is -0.497 e. The molecule has 2 aromatic carbocycles. The van der Waals surface area contributed by atoms with Gasteiger partial charge in [-0.2, -0.15) is 0 Å². The van der Waals surface area contributed by atoms with Gasteiger partial charge in [0.2, 0.25) is 6.79 Å². The van der Waals surface area contributed by atoms with Crippen molar-refractivity contribution in [3.05, 3.63) is 48.0 Å². The van der Waals surface area contributed by atoms with Gasteiger partial charge >= 0.3 is 0 Å². The molecule has 0 aromatic heterocycles. The predicted octanol–water partition coefficient (Wildman–Crippen LogP) is 3.21. The lowest BCUT2D eigenvalue weighted by Gasteiger charge is -2.44. The molecule has 6 heteroatoms. The maximum absolute atomic E-state index is 5.71. The fourth-order valence-electron chi connectivity index (χ4n) is 4.97. The molecule has 0 amide bonds. The van der Waals surface area contributed by atoms with Crippen LogP contribution in [0, 0.1) is 0 Å². The van der Waals surface area contributed by atoms with Gasteiger partial charge in [0.1, 0.15) is 5.75 Å². The summed E-state index contributed by atoms with van der Waals surface area (Å²) in [6.07, 6.45) is 2.56. The quantitative estimate of drug-likeness (QED) is 0.755. The first-order chi connectivity index (χ1) is 14.8. The SMILES string of the molecule is COc1ccc(N2CCN(C3CCCN(Cc4cccc5c4OCO5)C3)CC2)cc1. The lowest BCUT2D eigenvalue weighted by atomic mass is 10.0. The molecular weight excluding hydrogens is 378 g/mol. The highest BCUT2D eigenvalue weighted by molar-refractivity contribution is 5.49. The standard InChI is InChI=1S/C24H31N3O3/c1-28-22-9-7-20(8-10-22)26-12-14-27(15-13-26)21-5-3-11-25(17-21)16-19-4-2-6-23-24(19)30-18-29-23/h2,4,6-10,21H,3,5,11-18H2,1H3. The monoisotopic (exact) mass is 409 g/mol. The molecule has 3 aliphatic rings. The maximum Gasteiger partial charge on any atom is 0.231 e. The molecule has 160 valence electrons. The van der Waals surface area contributed by atoms with Crippen molar-refractivity contribution in [2.75, 3.05) is 58.1 Å². The summed E-state index contributed by atoms with van der Waals surface area (Å²) in [4.78, 5) is 7.77. The Morgan fingerprint density at radius 3 is 2.60 bits per heavy atom. The van der Waals surface area contributed by atoms with Crippen LogP contribution in [0.3, 0.4) is 0 Å².